The molecule has 0 aliphatic carbocycles. The number of nitrogens with one attached hydrogen (secondary N) is 1. The van der Waals surface area contributed by atoms with Gasteiger partial charge in [0.05, 0.1) is 6.04 Å². The first-order chi connectivity index (χ1) is 9.10. The molecule has 0 saturated carbocycles. The Balaban J connectivity index is 2.21. The molecular weight excluding hydrogens is 237 g/mol. The van der Waals surface area contributed by atoms with E-state index in [9.17, 15) is 4.39 Å². The van der Waals surface area contributed by atoms with Gasteiger partial charge in [-0.2, -0.15) is 0 Å². The molecule has 0 spiro atoms. The van der Waals surface area contributed by atoms with E-state index in [1.807, 2.05) is 6.07 Å². The average Bonchev–Trinajstić information content (AvgIpc) is 2.40. The summed E-state index contributed by atoms with van der Waals surface area (Å²) in [7, 11) is 0. The minimum atomic E-state index is -0.183. The third-order valence-corrected chi connectivity index (χ3v) is 3.51. The summed E-state index contributed by atoms with van der Waals surface area (Å²) < 4.78 is 13.3. The summed E-state index contributed by atoms with van der Waals surface area (Å²) in [6, 6.07) is 13.3. The lowest BCUT2D eigenvalue weighted by atomic mass is 10.0. The van der Waals surface area contributed by atoms with Crippen molar-refractivity contribution in [3.05, 3.63) is 65.0 Å². The van der Waals surface area contributed by atoms with Crippen LogP contribution in [0.3, 0.4) is 0 Å². The zero-order valence-electron chi connectivity index (χ0n) is 11.7. The molecule has 1 atom stereocenters. The summed E-state index contributed by atoms with van der Waals surface area (Å²) in [6.07, 6.45) is 0.913. The van der Waals surface area contributed by atoms with Gasteiger partial charge in [0.2, 0.25) is 0 Å². The van der Waals surface area contributed by atoms with Crippen molar-refractivity contribution in [1.82, 2.24) is 0 Å². The third kappa shape index (κ3) is 3.34. The molecule has 100 valence electrons. The molecule has 0 bridgehead atoms. The fraction of sp³-hybridized carbons (Fsp3) is 0.294. The van der Waals surface area contributed by atoms with Crippen molar-refractivity contribution in [3.8, 4) is 0 Å². The van der Waals surface area contributed by atoms with Crippen LogP contribution in [0, 0.1) is 19.7 Å². The molecule has 0 saturated heterocycles. The minimum absolute atomic E-state index is 0.137. The van der Waals surface area contributed by atoms with Gasteiger partial charge >= 0.3 is 0 Å². The van der Waals surface area contributed by atoms with Crippen LogP contribution in [0.1, 0.15) is 36.1 Å². The molecule has 0 aliphatic heterocycles. The maximum Gasteiger partial charge on any atom is 0.123 e. The molecule has 2 aromatic rings. The van der Waals surface area contributed by atoms with Gasteiger partial charge in [0.15, 0.2) is 0 Å². The van der Waals surface area contributed by atoms with Crippen molar-refractivity contribution in [1.29, 1.82) is 0 Å². The molecule has 0 aromatic heterocycles. The average molecular weight is 257 g/mol. The van der Waals surface area contributed by atoms with E-state index in [4.69, 9.17) is 0 Å². The monoisotopic (exact) mass is 257 g/mol. The van der Waals surface area contributed by atoms with Crippen LogP contribution in [0.2, 0.25) is 0 Å². The molecule has 1 nitrogen and oxygen atoms in total. The van der Waals surface area contributed by atoms with Gasteiger partial charge in [-0.25, -0.2) is 4.39 Å². The zero-order chi connectivity index (χ0) is 13.8. The number of rotatable bonds is 4. The van der Waals surface area contributed by atoms with E-state index in [2.05, 4.69) is 44.3 Å². The van der Waals surface area contributed by atoms with Gasteiger partial charge in [0.25, 0.3) is 0 Å². The van der Waals surface area contributed by atoms with E-state index in [1.54, 1.807) is 12.1 Å². The molecule has 2 heteroatoms. The van der Waals surface area contributed by atoms with Gasteiger partial charge < -0.3 is 5.32 Å². The molecule has 0 aliphatic rings. The first-order valence-corrected chi connectivity index (χ1v) is 6.69. The number of anilines is 1. The van der Waals surface area contributed by atoms with Crippen molar-refractivity contribution in [2.75, 3.05) is 5.32 Å². The molecule has 0 fully saturated rings. The van der Waals surface area contributed by atoms with E-state index >= 15 is 0 Å². The van der Waals surface area contributed by atoms with E-state index in [-0.39, 0.29) is 11.9 Å². The van der Waals surface area contributed by atoms with Gasteiger partial charge in [-0.3, -0.25) is 0 Å². The SMILES string of the molecule is CCC(Nc1ccc(C)c(C)c1)c1cccc(F)c1. The van der Waals surface area contributed by atoms with Gasteiger partial charge in [-0.15, -0.1) is 0 Å². The Morgan fingerprint density at radius 3 is 2.47 bits per heavy atom. The summed E-state index contributed by atoms with van der Waals surface area (Å²) in [6.45, 7) is 6.30. The molecule has 0 amide bonds. The molecule has 1 N–H and O–H groups in total. The third-order valence-electron chi connectivity index (χ3n) is 3.51. The van der Waals surface area contributed by atoms with Crippen LogP contribution >= 0.6 is 0 Å². The predicted octanol–water partition coefficient (Wildman–Crippen LogP) is 5.01. The highest BCUT2D eigenvalue weighted by Crippen LogP contribution is 2.24. The Morgan fingerprint density at radius 2 is 1.84 bits per heavy atom. The highest BCUT2D eigenvalue weighted by molar-refractivity contribution is 5.49. The largest absolute Gasteiger partial charge is 0.378 e. The Labute approximate surface area is 114 Å². The van der Waals surface area contributed by atoms with Crippen molar-refractivity contribution >= 4 is 5.69 Å². The predicted molar refractivity (Wildman–Crippen MR) is 79.0 cm³/mol. The van der Waals surface area contributed by atoms with Crippen molar-refractivity contribution in [2.24, 2.45) is 0 Å². The standard InChI is InChI=1S/C17H20FN/c1-4-17(14-6-5-7-15(18)11-14)19-16-9-8-12(2)13(3)10-16/h5-11,17,19H,4H2,1-3H3. The second-order valence-corrected chi connectivity index (χ2v) is 4.96. The Hall–Kier alpha value is -1.83. The fourth-order valence-corrected chi connectivity index (χ4v) is 2.18. The number of benzene rings is 2. The van der Waals surface area contributed by atoms with Crippen LogP contribution < -0.4 is 5.32 Å². The summed E-state index contributed by atoms with van der Waals surface area (Å²) in [5.74, 6) is -0.183. The number of hydrogen-bond acceptors (Lipinski definition) is 1. The van der Waals surface area contributed by atoms with Crippen LogP contribution in [0.25, 0.3) is 0 Å². The molecule has 19 heavy (non-hydrogen) atoms. The van der Waals surface area contributed by atoms with Crippen LogP contribution in [0.15, 0.2) is 42.5 Å². The normalized spacial score (nSPS) is 12.2. The minimum Gasteiger partial charge on any atom is -0.378 e. The van der Waals surface area contributed by atoms with Crippen LogP contribution in [-0.2, 0) is 0 Å². The fourth-order valence-electron chi connectivity index (χ4n) is 2.18. The number of hydrogen-bond donors (Lipinski definition) is 1. The summed E-state index contributed by atoms with van der Waals surface area (Å²) in [5.41, 5.74) is 4.61. The maximum atomic E-state index is 13.3. The molecule has 0 heterocycles. The Kier molecular flexibility index (Phi) is 4.20. The molecule has 1 unspecified atom stereocenters. The van der Waals surface area contributed by atoms with E-state index < -0.39 is 0 Å². The maximum absolute atomic E-state index is 13.3. The highest BCUT2D eigenvalue weighted by Gasteiger charge is 2.10. The summed E-state index contributed by atoms with van der Waals surface area (Å²) >= 11 is 0. The van der Waals surface area contributed by atoms with Crippen molar-refractivity contribution in [2.45, 2.75) is 33.2 Å². The van der Waals surface area contributed by atoms with E-state index in [0.29, 0.717) is 0 Å². The molecular formula is C17H20FN. The van der Waals surface area contributed by atoms with Gasteiger partial charge in [0, 0.05) is 5.69 Å². The lowest BCUT2D eigenvalue weighted by Crippen LogP contribution is -2.10. The summed E-state index contributed by atoms with van der Waals surface area (Å²) in [5, 5.41) is 3.47. The van der Waals surface area contributed by atoms with E-state index in [0.717, 1.165) is 17.7 Å². The van der Waals surface area contributed by atoms with Crippen molar-refractivity contribution in [3.63, 3.8) is 0 Å². The van der Waals surface area contributed by atoms with Crippen LogP contribution in [0.4, 0.5) is 10.1 Å². The van der Waals surface area contributed by atoms with Crippen LogP contribution in [-0.4, -0.2) is 0 Å². The zero-order valence-corrected chi connectivity index (χ0v) is 11.7. The van der Waals surface area contributed by atoms with Crippen LogP contribution in [0.5, 0.6) is 0 Å². The second kappa shape index (κ2) is 5.87. The lowest BCUT2D eigenvalue weighted by molar-refractivity contribution is 0.621. The first kappa shape index (κ1) is 13.6. The van der Waals surface area contributed by atoms with Gasteiger partial charge in [-0.1, -0.05) is 25.1 Å². The molecule has 2 aromatic carbocycles. The highest BCUT2D eigenvalue weighted by atomic mass is 19.1. The van der Waals surface area contributed by atoms with Gasteiger partial charge in [-0.05, 0) is 61.2 Å². The molecule has 0 radical (unpaired) electrons. The second-order valence-electron chi connectivity index (χ2n) is 4.96. The molecule has 2 rings (SSSR count). The van der Waals surface area contributed by atoms with Crippen molar-refractivity contribution < 1.29 is 4.39 Å². The Bertz CT molecular complexity index is 563. The topological polar surface area (TPSA) is 12.0 Å². The van der Waals surface area contributed by atoms with Gasteiger partial charge in [0.1, 0.15) is 5.82 Å². The first-order valence-electron chi connectivity index (χ1n) is 6.69. The lowest BCUT2D eigenvalue weighted by Gasteiger charge is -2.19. The Morgan fingerprint density at radius 1 is 1.05 bits per heavy atom. The smallest absolute Gasteiger partial charge is 0.123 e. The number of aryl methyl sites for hydroxylation is 2. The summed E-state index contributed by atoms with van der Waals surface area (Å²) in [4.78, 5) is 0. The van der Waals surface area contributed by atoms with E-state index in [1.165, 1.54) is 17.2 Å². The number of halogens is 1. The quantitative estimate of drug-likeness (QED) is 0.812.